The highest BCUT2D eigenvalue weighted by molar-refractivity contribution is 5.67. The van der Waals surface area contributed by atoms with Crippen LogP contribution >= 0.6 is 0 Å². The molecule has 4 nitrogen and oxygen atoms in total. The highest BCUT2D eigenvalue weighted by Gasteiger charge is 2.08. The number of aliphatic hydroxyl groups excluding tert-OH is 1. The minimum absolute atomic E-state index is 0.0155. The van der Waals surface area contributed by atoms with E-state index in [1.165, 1.54) is 0 Å². The monoisotopic (exact) mass is 224 g/mol. The zero-order valence-corrected chi connectivity index (χ0v) is 9.22. The van der Waals surface area contributed by atoms with E-state index in [1.807, 2.05) is 12.1 Å². The maximum Gasteiger partial charge on any atom is 0.307 e. The lowest BCUT2D eigenvalue weighted by Gasteiger charge is -2.12. The molecule has 4 heteroatoms. The van der Waals surface area contributed by atoms with Gasteiger partial charge in [0.1, 0.15) is 11.9 Å². The number of aliphatic hydroxyl groups is 1. The molecule has 88 valence electrons. The molecule has 0 heterocycles. The molecule has 1 rings (SSSR count). The molecular weight excluding hydrogens is 208 g/mol. The fraction of sp³-hybridized carbons (Fsp3) is 0.417. The van der Waals surface area contributed by atoms with Gasteiger partial charge in [0, 0.05) is 6.61 Å². The second-order valence-corrected chi connectivity index (χ2v) is 3.64. The third-order valence-electron chi connectivity index (χ3n) is 2.12. The molecule has 0 spiro atoms. The van der Waals surface area contributed by atoms with Gasteiger partial charge in [-0.3, -0.25) is 4.79 Å². The molecule has 0 fully saturated rings. The topological polar surface area (TPSA) is 66.8 Å². The van der Waals surface area contributed by atoms with Gasteiger partial charge in [-0.05, 0) is 31.0 Å². The molecule has 16 heavy (non-hydrogen) atoms. The van der Waals surface area contributed by atoms with Gasteiger partial charge in [0.2, 0.25) is 0 Å². The van der Waals surface area contributed by atoms with Crippen LogP contribution in [0, 0.1) is 0 Å². The van der Waals surface area contributed by atoms with Gasteiger partial charge in [-0.2, -0.15) is 0 Å². The van der Waals surface area contributed by atoms with E-state index in [9.17, 15) is 4.79 Å². The number of hydrogen-bond acceptors (Lipinski definition) is 3. The summed E-state index contributed by atoms with van der Waals surface area (Å²) in [5, 5.41) is 17.3. The maximum absolute atomic E-state index is 10.4. The third kappa shape index (κ3) is 4.31. The Morgan fingerprint density at radius 3 is 2.50 bits per heavy atom. The highest BCUT2D eigenvalue weighted by atomic mass is 16.5. The average Bonchev–Trinajstić information content (AvgIpc) is 2.20. The zero-order valence-electron chi connectivity index (χ0n) is 9.22. The van der Waals surface area contributed by atoms with E-state index in [2.05, 4.69) is 0 Å². The minimum atomic E-state index is -0.871. The summed E-state index contributed by atoms with van der Waals surface area (Å²) in [7, 11) is 0. The Labute approximate surface area is 94.5 Å². The van der Waals surface area contributed by atoms with Crippen LogP contribution in [0.3, 0.4) is 0 Å². The molecule has 1 aromatic rings. The summed E-state index contributed by atoms with van der Waals surface area (Å²) in [5.74, 6) is -0.222. The molecule has 0 aromatic heterocycles. The Balaban J connectivity index is 2.51. The molecule has 0 saturated heterocycles. The van der Waals surface area contributed by atoms with Crippen LogP contribution in [0.25, 0.3) is 0 Å². The number of hydrogen-bond donors (Lipinski definition) is 2. The fourth-order valence-electron chi connectivity index (χ4n) is 1.38. The Bertz CT molecular complexity index is 331. The molecular formula is C12H16O4. The number of benzene rings is 1. The summed E-state index contributed by atoms with van der Waals surface area (Å²) in [6.07, 6.45) is 0.254. The quantitative estimate of drug-likeness (QED) is 0.767. The van der Waals surface area contributed by atoms with Gasteiger partial charge in [-0.25, -0.2) is 0 Å². The van der Waals surface area contributed by atoms with E-state index in [4.69, 9.17) is 14.9 Å². The lowest BCUT2D eigenvalue weighted by molar-refractivity contribution is -0.138. The van der Waals surface area contributed by atoms with Crippen LogP contribution < -0.4 is 4.74 Å². The van der Waals surface area contributed by atoms with Gasteiger partial charge < -0.3 is 14.9 Å². The molecule has 0 bridgehead atoms. The van der Waals surface area contributed by atoms with Crippen molar-refractivity contribution in [3.63, 3.8) is 0 Å². The first-order valence-corrected chi connectivity index (χ1v) is 5.20. The summed E-state index contributed by atoms with van der Waals surface area (Å²) in [6, 6.07) is 7.28. The first-order valence-electron chi connectivity index (χ1n) is 5.20. The van der Waals surface area contributed by atoms with E-state index >= 15 is 0 Å². The van der Waals surface area contributed by atoms with Crippen molar-refractivity contribution in [3.05, 3.63) is 29.8 Å². The molecule has 0 aliphatic rings. The van der Waals surface area contributed by atoms with Crippen molar-refractivity contribution in [2.45, 2.75) is 25.9 Å². The van der Waals surface area contributed by atoms with Gasteiger partial charge in [-0.1, -0.05) is 12.1 Å². The van der Waals surface area contributed by atoms with E-state index in [-0.39, 0.29) is 19.1 Å². The van der Waals surface area contributed by atoms with Gasteiger partial charge >= 0.3 is 5.97 Å². The number of ether oxygens (including phenoxy) is 1. The Morgan fingerprint density at radius 2 is 2.00 bits per heavy atom. The lowest BCUT2D eigenvalue weighted by atomic mass is 10.1. The lowest BCUT2D eigenvalue weighted by Crippen LogP contribution is -2.16. The van der Waals surface area contributed by atoms with Crippen molar-refractivity contribution in [1.82, 2.24) is 0 Å². The molecule has 2 N–H and O–H groups in total. The van der Waals surface area contributed by atoms with Crippen LogP contribution in [0.1, 0.15) is 18.9 Å². The van der Waals surface area contributed by atoms with Crippen LogP contribution in [0.2, 0.25) is 0 Å². The number of aliphatic carboxylic acids is 1. The minimum Gasteiger partial charge on any atom is -0.490 e. The van der Waals surface area contributed by atoms with Crippen molar-refractivity contribution in [3.8, 4) is 5.75 Å². The maximum atomic E-state index is 10.4. The van der Waals surface area contributed by atoms with Gasteiger partial charge in [-0.15, -0.1) is 0 Å². The zero-order chi connectivity index (χ0) is 12.0. The van der Waals surface area contributed by atoms with E-state index in [0.717, 1.165) is 5.56 Å². The Hall–Kier alpha value is -1.55. The van der Waals surface area contributed by atoms with Gasteiger partial charge in [0.15, 0.2) is 0 Å². The number of carboxylic acid groups (broad SMARTS) is 1. The molecule has 0 aliphatic carbocycles. The van der Waals surface area contributed by atoms with Gasteiger partial charge in [0.05, 0.1) is 6.42 Å². The average molecular weight is 224 g/mol. The molecule has 1 aromatic carbocycles. The van der Waals surface area contributed by atoms with Crippen LogP contribution in [0.15, 0.2) is 24.3 Å². The second kappa shape index (κ2) is 6.12. The molecule has 0 unspecified atom stereocenters. The largest absolute Gasteiger partial charge is 0.490 e. The summed E-state index contributed by atoms with van der Waals surface area (Å²) in [5.41, 5.74) is 1.03. The standard InChI is InChI=1S/C12H16O4/c1-9(8-12(14)15)16-11-4-2-10(3-5-11)6-7-13/h2-5,9,13H,6-8H2,1H3,(H,14,15)/t9-/m0/s1. The van der Waals surface area contributed by atoms with Crippen molar-refractivity contribution < 1.29 is 19.7 Å². The smallest absolute Gasteiger partial charge is 0.307 e. The second-order valence-electron chi connectivity index (χ2n) is 3.64. The number of carbonyl (C=O) groups is 1. The number of carboxylic acids is 1. The normalized spacial score (nSPS) is 12.1. The van der Waals surface area contributed by atoms with Crippen LogP contribution in [0.5, 0.6) is 5.75 Å². The van der Waals surface area contributed by atoms with Crippen LogP contribution in [0.4, 0.5) is 0 Å². The van der Waals surface area contributed by atoms with Crippen LogP contribution in [-0.2, 0) is 11.2 Å². The molecule has 0 radical (unpaired) electrons. The molecule has 1 atom stereocenters. The summed E-state index contributed by atoms with van der Waals surface area (Å²) in [6.45, 7) is 1.84. The van der Waals surface area contributed by atoms with Crippen molar-refractivity contribution in [2.24, 2.45) is 0 Å². The summed E-state index contributed by atoms with van der Waals surface area (Å²) >= 11 is 0. The highest BCUT2D eigenvalue weighted by Crippen LogP contribution is 2.15. The van der Waals surface area contributed by atoms with Gasteiger partial charge in [0.25, 0.3) is 0 Å². The Kier molecular flexibility index (Phi) is 4.79. The summed E-state index contributed by atoms with van der Waals surface area (Å²) in [4.78, 5) is 10.4. The van der Waals surface area contributed by atoms with Crippen LogP contribution in [-0.4, -0.2) is 28.9 Å². The van der Waals surface area contributed by atoms with Crippen molar-refractivity contribution in [1.29, 1.82) is 0 Å². The molecule has 0 saturated carbocycles. The van der Waals surface area contributed by atoms with E-state index < -0.39 is 5.97 Å². The molecule has 0 amide bonds. The van der Waals surface area contributed by atoms with E-state index in [1.54, 1.807) is 19.1 Å². The number of rotatable bonds is 6. The first-order chi connectivity index (χ1) is 7.61. The third-order valence-corrected chi connectivity index (χ3v) is 2.12. The van der Waals surface area contributed by atoms with E-state index in [0.29, 0.717) is 12.2 Å². The first kappa shape index (κ1) is 12.5. The molecule has 0 aliphatic heterocycles. The summed E-state index contributed by atoms with van der Waals surface area (Å²) < 4.78 is 5.41. The fourth-order valence-corrected chi connectivity index (χ4v) is 1.38. The predicted octanol–water partition coefficient (Wildman–Crippen LogP) is 1.46. The van der Waals surface area contributed by atoms with Crippen molar-refractivity contribution >= 4 is 5.97 Å². The Morgan fingerprint density at radius 1 is 1.38 bits per heavy atom. The van der Waals surface area contributed by atoms with Crippen molar-refractivity contribution in [2.75, 3.05) is 6.61 Å². The SMILES string of the molecule is C[C@@H](CC(=O)O)Oc1ccc(CCO)cc1. The predicted molar refractivity (Wildman–Crippen MR) is 59.6 cm³/mol.